The smallest absolute Gasteiger partial charge is 0.320 e. The first kappa shape index (κ1) is 16.4. The topological polar surface area (TPSA) is 56.8 Å². The lowest BCUT2D eigenvalue weighted by atomic mass is 10.2. The van der Waals surface area contributed by atoms with Crippen LogP contribution in [0, 0.1) is 0 Å². The molecule has 0 saturated carbocycles. The number of esters is 1. The SMILES string of the molecule is COCCOCCCNCC(=O)OC(C)(C)C. The molecule has 1 N–H and O–H groups in total. The maximum Gasteiger partial charge on any atom is 0.320 e. The van der Waals surface area contributed by atoms with Gasteiger partial charge in [0.1, 0.15) is 5.60 Å². The standard InChI is InChI=1S/C12H25NO4/c1-12(2,3)17-11(14)10-13-6-5-7-16-9-8-15-4/h13H,5-10H2,1-4H3. The second kappa shape index (κ2) is 9.39. The van der Waals surface area contributed by atoms with Gasteiger partial charge < -0.3 is 19.5 Å². The number of nitrogens with one attached hydrogen (secondary N) is 1. The average Bonchev–Trinajstić information content (AvgIpc) is 2.19. The Morgan fingerprint density at radius 2 is 1.88 bits per heavy atom. The monoisotopic (exact) mass is 247 g/mol. The van der Waals surface area contributed by atoms with E-state index >= 15 is 0 Å². The van der Waals surface area contributed by atoms with Gasteiger partial charge >= 0.3 is 5.97 Å². The predicted octanol–water partition coefficient (Wildman–Crippen LogP) is 0.971. The Morgan fingerprint density at radius 3 is 2.47 bits per heavy atom. The average molecular weight is 247 g/mol. The van der Waals surface area contributed by atoms with Crippen molar-refractivity contribution in [2.45, 2.75) is 32.8 Å². The van der Waals surface area contributed by atoms with Gasteiger partial charge in [0.2, 0.25) is 0 Å². The number of ether oxygens (including phenoxy) is 3. The molecule has 0 amide bonds. The van der Waals surface area contributed by atoms with Gasteiger partial charge in [0.25, 0.3) is 0 Å². The molecule has 0 saturated heterocycles. The van der Waals surface area contributed by atoms with Crippen LogP contribution in [0.25, 0.3) is 0 Å². The quantitative estimate of drug-likeness (QED) is 0.486. The summed E-state index contributed by atoms with van der Waals surface area (Å²) < 4.78 is 15.3. The van der Waals surface area contributed by atoms with Crippen LogP contribution in [-0.4, -0.2) is 51.6 Å². The van der Waals surface area contributed by atoms with E-state index < -0.39 is 5.60 Å². The van der Waals surface area contributed by atoms with Crippen LogP contribution in [-0.2, 0) is 19.0 Å². The molecule has 5 heteroatoms. The molecule has 0 aromatic rings. The van der Waals surface area contributed by atoms with E-state index in [-0.39, 0.29) is 12.5 Å². The summed E-state index contributed by atoms with van der Waals surface area (Å²) in [5.74, 6) is -0.224. The van der Waals surface area contributed by atoms with Crippen LogP contribution >= 0.6 is 0 Å². The lowest BCUT2D eigenvalue weighted by Crippen LogP contribution is -2.32. The highest BCUT2D eigenvalue weighted by Gasteiger charge is 2.15. The molecule has 0 spiro atoms. The van der Waals surface area contributed by atoms with E-state index in [1.54, 1.807) is 7.11 Å². The van der Waals surface area contributed by atoms with Crippen LogP contribution in [0.5, 0.6) is 0 Å². The molecule has 0 unspecified atom stereocenters. The Kier molecular flexibility index (Phi) is 9.03. The van der Waals surface area contributed by atoms with Crippen molar-refractivity contribution in [3.8, 4) is 0 Å². The fraction of sp³-hybridized carbons (Fsp3) is 0.917. The fourth-order valence-corrected chi connectivity index (χ4v) is 1.11. The molecule has 0 aromatic carbocycles. The van der Waals surface area contributed by atoms with Crippen molar-refractivity contribution >= 4 is 5.97 Å². The molecule has 0 rings (SSSR count). The first-order valence-electron chi connectivity index (χ1n) is 5.95. The first-order chi connectivity index (χ1) is 7.95. The number of methoxy groups -OCH3 is 1. The van der Waals surface area contributed by atoms with Gasteiger partial charge in [0.15, 0.2) is 0 Å². The summed E-state index contributed by atoms with van der Waals surface area (Å²) in [5.41, 5.74) is -0.415. The van der Waals surface area contributed by atoms with Crippen molar-refractivity contribution in [3.05, 3.63) is 0 Å². The van der Waals surface area contributed by atoms with E-state index in [1.165, 1.54) is 0 Å². The zero-order chi connectivity index (χ0) is 13.1. The summed E-state index contributed by atoms with van der Waals surface area (Å²) in [4.78, 5) is 11.3. The van der Waals surface area contributed by atoms with Gasteiger partial charge in [0.05, 0.1) is 19.8 Å². The maximum absolute atomic E-state index is 11.3. The molecule has 0 bridgehead atoms. The van der Waals surface area contributed by atoms with Crippen molar-refractivity contribution in [2.24, 2.45) is 0 Å². The minimum Gasteiger partial charge on any atom is -0.459 e. The van der Waals surface area contributed by atoms with E-state index in [1.807, 2.05) is 20.8 Å². The molecule has 17 heavy (non-hydrogen) atoms. The zero-order valence-electron chi connectivity index (χ0n) is 11.4. The molecule has 0 atom stereocenters. The van der Waals surface area contributed by atoms with Gasteiger partial charge in [-0.2, -0.15) is 0 Å². The second-order valence-corrected chi connectivity index (χ2v) is 4.72. The molecule has 0 aliphatic carbocycles. The van der Waals surface area contributed by atoms with Crippen LogP contribution < -0.4 is 5.32 Å². The first-order valence-corrected chi connectivity index (χ1v) is 5.95. The van der Waals surface area contributed by atoms with E-state index in [4.69, 9.17) is 14.2 Å². The number of rotatable bonds is 9. The highest BCUT2D eigenvalue weighted by Crippen LogP contribution is 2.05. The number of hydrogen-bond donors (Lipinski definition) is 1. The van der Waals surface area contributed by atoms with Crippen molar-refractivity contribution < 1.29 is 19.0 Å². The van der Waals surface area contributed by atoms with Gasteiger partial charge in [0, 0.05) is 13.7 Å². The van der Waals surface area contributed by atoms with Gasteiger partial charge in [-0.05, 0) is 33.7 Å². The molecule has 5 nitrogen and oxygen atoms in total. The number of carbonyl (C=O) groups is 1. The third-order valence-corrected chi connectivity index (χ3v) is 1.76. The molecule has 0 heterocycles. The molecule has 0 radical (unpaired) electrons. The Hall–Kier alpha value is -0.650. The summed E-state index contributed by atoms with van der Waals surface area (Å²) in [6.45, 7) is 8.46. The van der Waals surface area contributed by atoms with Crippen molar-refractivity contribution in [1.29, 1.82) is 0 Å². The highest BCUT2D eigenvalue weighted by molar-refractivity contribution is 5.72. The number of carbonyl (C=O) groups excluding carboxylic acids is 1. The van der Waals surface area contributed by atoms with Crippen molar-refractivity contribution in [3.63, 3.8) is 0 Å². The predicted molar refractivity (Wildman–Crippen MR) is 66.0 cm³/mol. The lowest BCUT2D eigenvalue weighted by molar-refractivity contribution is -0.153. The molecule has 102 valence electrons. The van der Waals surface area contributed by atoms with Crippen LogP contribution in [0.3, 0.4) is 0 Å². The molecule has 0 aromatic heterocycles. The maximum atomic E-state index is 11.3. The summed E-state index contributed by atoms with van der Waals surface area (Å²) in [6, 6.07) is 0. The zero-order valence-corrected chi connectivity index (χ0v) is 11.4. The van der Waals surface area contributed by atoms with Gasteiger partial charge in [-0.25, -0.2) is 0 Å². The largest absolute Gasteiger partial charge is 0.459 e. The Balaban J connectivity index is 3.25. The second-order valence-electron chi connectivity index (χ2n) is 4.72. The lowest BCUT2D eigenvalue weighted by Gasteiger charge is -2.19. The molecule has 0 fully saturated rings. The fourth-order valence-electron chi connectivity index (χ4n) is 1.11. The number of hydrogen-bond acceptors (Lipinski definition) is 5. The minimum atomic E-state index is -0.415. The Bertz CT molecular complexity index is 201. The summed E-state index contributed by atoms with van der Waals surface area (Å²) in [6.07, 6.45) is 0.868. The molecule has 0 aliphatic heterocycles. The summed E-state index contributed by atoms with van der Waals surface area (Å²) in [7, 11) is 1.64. The Labute approximate surface area is 104 Å². The van der Waals surface area contributed by atoms with Crippen molar-refractivity contribution in [2.75, 3.05) is 40.0 Å². The van der Waals surface area contributed by atoms with E-state index in [9.17, 15) is 4.79 Å². The van der Waals surface area contributed by atoms with Crippen LogP contribution in [0.2, 0.25) is 0 Å². The molecular formula is C12H25NO4. The third kappa shape index (κ3) is 13.3. The van der Waals surface area contributed by atoms with E-state index in [2.05, 4.69) is 5.32 Å². The molecule has 0 aliphatic rings. The normalized spacial score (nSPS) is 11.5. The van der Waals surface area contributed by atoms with E-state index in [0.29, 0.717) is 19.8 Å². The van der Waals surface area contributed by atoms with E-state index in [0.717, 1.165) is 13.0 Å². The Morgan fingerprint density at radius 1 is 1.18 bits per heavy atom. The summed E-state index contributed by atoms with van der Waals surface area (Å²) in [5, 5.41) is 3.01. The van der Waals surface area contributed by atoms with Crippen molar-refractivity contribution in [1.82, 2.24) is 5.32 Å². The highest BCUT2D eigenvalue weighted by atomic mass is 16.6. The molecular weight excluding hydrogens is 222 g/mol. The van der Waals surface area contributed by atoms with Gasteiger partial charge in [-0.15, -0.1) is 0 Å². The van der Waals surface area contributed by atoms with Gasteiger partial charge in [-0.1, -0.05) is 0 Å². The van der Waals surface area contributed by atoms with Gasteiger partial charge in [-0.3, -0.25) is 4.79 Å². The van der Waals surface area contributed by atoms with Crippen LogP contribution in [0.1, 0.15) is 27.2 Å². The third-order valence-electron chi connectivity index (χ3n) is 1.76. The summed E-state index contributed by atoms with van der Waals surface area (Å²) >= 11 is 0. The minimum absolute atomic E-state index is 0.224. The van der Waals surface area contributed by atoms with Crippen LogP contribution in [0.4, 0.5) is 0 Å². The van der Waals surface area contributed by atoms with Crippen LogP contribution in [0.15, 0.2) is 0 Å².